The summed E-state index contributed by atoms with van der Waals surface area (Å²) in [6.07, 6.45) is 0. The van der Waals surface area contributed by atoms with Crippen LogP contribution >= 0.6 is 0 Å². The van der Waals surface area contributed by atoms with E-state index in [0.717, 1.165) is 10.1 Å². The Labute approximate surface area is 109 Å². The van der Waals surface area contributed by atoms with E-state index in [1.54, 1.807) is 0 Å². The van der Waals surface area contributed by atoms with E-state index in [1.807, 2.05) is 30.3 Å². The Balaban J connectivity index is 2.61. The van der Waals surface area contributed by atoms with Gasteiger partial charge in [-0.15, -0.1) is 0 Å². The first-order valence-corrected chi connectivity index (χ1v) is 5.66. The van der Waals surface area contributed by atoms with Crippen molar-refractivity contribution in [1.29, 1.82) is 0 Å². The van der Waals surface area contributed by atoms with Gasteiger partial charge in [-0.1, -0.05) is 30.3 Å². The van der Waals surface area contributed by atoms with Crippen molar-refractivity contribution in [2.24, 2.45) is 12.9 Å². The lowest BCUT2D eigenvalue weighted by atomic mass is 10.2. The third kappa shape index (κ3) is 2.23. The Morgan fingerprint density at radius 1 is 1.21 bits per heavy atom. The molecule has 5 N–H and O–H groups in total. The van der Waals surface area contributed by atoms with Gasteiger partial charge in [-0.3, -0.25) is 19.8 Å². The van der Waals surface area contributed by atoms with Crippen LogP contribution in [0.1, 0.15) is 5.56 Å². The molecule has 1 aromatic heterocycles. The second-order valence-corrected chi connectivity index (χ2v) is 4.12. The summed E-state index contributed by atoms with van der Waals surface area (Å²) in [5, 5.41) is 0. The smallest absolute Gasteiger partial charge is 0.332 e. The highest BCUT2D eigenvalue weighted by molar-refractivity contribution is 5.59. The molecule has 0 fully saturated rings. The van der Waals surface area contributed by atoms with Crippen molar-refractivity contribution in [2.75, 3.05) is 11.2 Å². The number of hydrogen-bond donors (Lipinski definition) is 3. The third-order valence-electron chi connectivity index (χ3n) is 2.91. The lowest BCUT2D eigenvalue weighted by Crippen LogP contribution is -2.41. The van der Waals surface area contributed by atoms with Gasteiger partial charge < -0.3 is 11.2 Å². The summed E-state index contributed by atoms with van der Waals surface area (Å²) in [5.41, 5.74) is 7.94. The molecule has 0 aliphatic carbocycles. The average Bonchev–Trinajstić information content (AvgIpc) is 2.43. The normalized spacial score (nSPS) is 10.4. The standard InChI is InChI=1S/C12H15N5O2/c1-16-11(18)9(15-14)10(13)17(12(16)19)7-8-5-3-2-4-6-8/h2-6,15H,7,13-14H2,1H3. The second-order valence-electron chi connectivity index (χ2n) is 4.12. The van der Waals surface area contributed by atoms with Crippen LogP contribution in [0, 0.1) is 0 Å². The van der Waals surface area contributed by atoms with Crippen LogP contribution in [0.2, 0.25) is 0 Å². The van der Waals surface area contributed by atoms with Gasteiger partial charge in [0.15, 0.2) is 5.69 Å². The number of anilines is 2. The molecule has 0 aliphatic rings. The fraction of sp³-hybridized carbons (Fsp3) is 0.167. The monoisotopic (exact) mass is 261 g/mol. The maximum Gasteiger partial charge on any atom is 0.332 e. The van der Waals surface area contributed by atoms with Gasteiger partial charge in [-0.2, -0.15) is 0 Å². The highest BCUT2D eigenvalue weighted by Gasteiger charge is 2.14. The fourth-order valence-corrected chi connectivity index (χ4v) is 1.84. The molecule has 1 aromatic carbocycles. The number of nitrogens with two attached hydrogens (primary N) is 2. The molecule has 19 heavy (non-hydrogen) atoms. The molecular weight excluding hydrogens is 246 g/mol. The summed E-state index contributed by atoms with van der Waals surface area (Å²) in [7, 11) is 1.38. The minimum atomic E-state index is -0.547. The van der Waals surface area contributed by atoms with Gasteiger partial charge in [0.1, 0.15) is 5.82 Å². The summed E-state index contributed by atoms with van der Waals surface area (Å²) in [5.74, 6) is 5.30. The number of nitrogen functional groups attached to an aromatic ring is 2. The van der Waals surface area contributed by atoms with Crippen LogP contribution in [-0.4, -0.2) is 9.13 Å². The number of nitrogens with one attached hydrogen (secondary N) is 1. The van der Waals surface area contributed by atoms with Crippen LogP contribution in [0.15, 0.2) is 39.9 Å². The second kappa shape index (κ2) is 4.99. The lowest BCUT2D eigenvalue weighted by Gasteiger charge is -2.14. The molecule has 0 radical (unpaired) electrons. The van der Waals surface area contributed by atoms with Crippen molar-refractivity contribution in [1.82, 2.24) is 9.13 Å². The molecule has 0 spiro atoms. The molecule has 7 heteroatoms. The highest BCUT2D eigenvalue weighted by Crippen LogP contribution is 2.11. The van der Waals surface area contributed by atoms with E-state index in [4.69, 9.17) is 11.6 Å². The van der Waals surface area contributed by atoms with Crippen LogP contribution in [0.5, 0.6) is 0 Å². The quantitative estimate of drug-likeness (QED) is 0.508. The molecule has 1 heterocycles. The van der Waals surface area contributed by atoms with Crippen LogP contribution in [-0.2, 0) is 13.6 Å². The van der Waals surface area contributed by atoms with Crippen LogP contribution in [0.3, 0.4) is 0 Å². The van der Waals surface area contributed by atoms with Crippen molar-refractivity contribution >= 4 is 11.5 Å². The fourth-order valence-electron chi connectivity index (χ4n) is 1.84. The molecule has 0 saturated heterocycles. The van der Waals surface area contributed by atoms with Gasteiger partial charge in [0.05, 0.1) is 6.54 Å². The summed E-state index contributed by atoms with van der Waals surface area (Å²) >= 11 is 0. The van der Waals surface area contributed by atoms with Crippen molar-refractivity contribution in [2.45, 2.75) is 6.54 Å². The molecule has 2 aromatic rings. The first-order chi connectivity index (χ1) is 9.06. The van der Waals surface area contributed by atoms with Gasteiger partial charge in [-0.05, 0) is 5.56 Å². The summed E-state index contributed by atoms with van der Waals surface area (Å²) in [6.45, 7) is 0.272. The van der Waals surface area contributed by atoms with Crippen LogP contribution in [0.4, 0.5) is 11.5 Å². The number of benzene rings is 1. The number of nitrogens with zero attached hydrogens (tertiary/aromatic N) is 2. The summed E-state index contributed by atoms with van der Waals surface area (Å²) < 4.78 is 2.26. The summed E-state index contributed by atoms with van der Waals surface area (Å²) in [6, 6.07) is 9.34. The number of hydrogen-bond acceptors (Lipinski definition) is 5. The van der Waals surface area contributed by atoms with E-state index < -0.39 is 11.2 Å². The third-order valence-corrected chi connectivity index (χ3v) is 2.91. The Bertz CT molecular complexity index is 703. The van der Waals surface area contributed by atoms with Gasteiger partial charge in [0, 0.05) is 7.05 Å². The van der Waals surface area contributed by atoms with E-state index >= 15 is 0 Å². The highest BCUT2D eigenvalue weighted by atomic mass is 16.2. The topological polar surface area (TPSA) is 108 Å². The number of rotatable bonds is 3. The zero-order chi connectivity index (χ0) is 14.0. The molecular formula is C12H15N5O2. The van der Waals surface area contributed by atoms with Gasteiger partial charge in [0.25, 0.3) is 5.56 Å². The zero-order valence-electron chi connectivity index (χ0n) is 10.5. The molecule has 7 nitrogen and oxygen atoms in total. The van der Waals surface area contributed by atoms with Crippen LogP contribution in [0.25, 0.3) is 0 Å². The van der Waals surface area contributed by atoms with Gasteiger partial charge in [0.2, 0.25) is 0 Å². The Morgan fingerprint density at radius 3 is 2.42 bits per heavy atom. The predicted octanol–water partition coefficient (Wildman–Crippen LogP) is -0.537. The van der Waals surface area contributed by atoms with E-state index in [9.17, 15) is 9.59 Å². The first-order valence-electron chi connectivity index (χ1n) is 5.66. The first kappa shape index (κ1) is 12.9. The summed E-state index contributed by atoms with van der Waals surface area (Å²) in [4.78, 5) is 23.8. The molecule has 0 atom stereocenters. The lowest BCUT2D eigenvalue weighted by molar-refractivity contribution is 0.656. The Kier molecular flexibility index (Phi) is 3.39. The van der Waals surface area contributed by atoms with Gasteiger partial charge >= 0.3 is 5.69 Å². The molecule has 0 bridgehead atoms. The molecule has 0 amide bonds. The predicted molar refractivity (Wildman–Crippen MR) is 73.7 cm³/mol. The molecule has 0 unspecified atom stereocenters. The van der Waals surface area contributed by atoms with E-state index in [0.29, 0.717) is 0 Å². The molecule has 2 rings (SSSR count). The average molecular weight is 261 g/mol. The number of hydrazine groups is 1. The Hall–Kier alpha value is -2.54. The van der Waals surface area contributed by atoms with E-state index in [-0.39, 0.29) is 18.1 Å². The molecule has 0 saturated carbocycles. The van der Waals surface area contributed by atoms with Crippen molar-refractivity contribution in [3.63, 3.8) is 0 Å². The minimum absolute atomic E-state index is 0.0121. The van der Waals surface area contributed by atoms with Gasteiger partial charge in [-0.25, -0.2) is 4.79 Å². The van der Waals surface area contributed by atoms with Crippen LogP contribution < -0.4 is 28.3 Å². The maximum absolute atomic E-state index is 12.1. The van der Waals surface area contributed by atoms with Crippen molar-refractivity contribution < 1.29 is 0 Å². The largest absolute Gasteiger partial charge is 0.383 e. The molecule has 100 valence electrons. The molecule has 0 aliphatic heterocycles. The zero-order valence-corrected chi connectivity index (χ0v) is 10.5. The van der Waals surface area contributed by atoms with Crippen molar-refractivity contribution in [3.8, 4) is 0 Å². The SMILES string of the molecule is Cn1c(=O)c(NN)c(N)n(Cc2ccccc2)c1=O. The maximum atomic E-state index is 12.1. The van der Waals surface area contributed by atoms with Crippen molar-refractivity contribution in [3.05, 3.63) is 56.7 Å². The van der Waals surface area contributed by atoms with E-state index in [2.05, 4.69) is 5.43 Å². The minimum Gasteiger partial charge on any atom is -0.383 e. The number of aromatic nitrogens is 2. The Morgan fingerprint density at radius 2 is 1.84 bits per heavy atom. The van der Waals surface area contributed by atoms with E-state index in [1.165, 1.54) is 11.6 Å².